The summed E-state index contributed by atoms with van der Waals surface area (Å²) >= 11 is 0. The second-order valence-corrected chi connectivity index (χ2v) is 6.41. The van der Waals surface area contributed by atoms with Crippen molar-refractivity contribution in [2.45, 2.75) is 39.0 Å². The summed E-state index contributed by atoms with van der Waals surface area (Å²) in [6.07, 6.45) is 7.38. The van der Waals surface area contributed by atoms with E-state index >= 15 is 0 Å². The van der Waals surface area contributed by atoms with Crippen molar-refractivity contribution in [2.75, 3.05) is 12.8 Å². The first-order valence-electron chi connectivity index (χ1n) is 5.42. The molecular formula is C10H21NO2S. The van der Waals surface area contributed by atoms with Gasteiger partial charge < -0.3 is 0 Å². The van der Waals surface area contributed by atoms with Crippen molar-refractivity contribution in [3.05, 3.63) is 0 Å². The molecule has 0 atom stereocenters. The third-order valence-electron chi connectivity index (χ3n) is 3.05. The molecule has 1 saturated carbocycles. The standard InChI is InChI=1S/C10H21NO2S/c1-9-3-5-10(6-4-9)7-8-11-14(2,12)13/h9-11H,3-8H2,1-2H3. The molecule has 1 fully saturated rings. The fourth-order valence-corrected chi connectivity index (χ4v) is 2.55. The van der Waals surface area contributed by atoms with Crippen LogP contribution in [0.4, 0.5) is 0 Å². The molecule has 0 saturated heterocycles. The molecule has 84 valence electrons. The normalized spacial score (nSPS) is 29.0. The van der Waals surface area contributed by atoms with Crippen LogP contribution in [0.2, 0.25) is 0 Å². The van der Waals surface area contributed by atoms with Crippen molar-refractivity contribution in [1.82, 2.24) is 4.72 Å². The van der Waals surface area contributed by atoms with Crippen molar-refractivity contribution >= 4 is 10.0 Å². The van der Waals surface area contributed by atoms with E-state index < -0.39 is 10.0 Å². The van der Waals surface area contributed by atoms with Crippen molar-refractivity contribution in [3.63, 3.8) is 0 Å². The summed E-state index contributed by atoms with van der Waals surface area (Å²) in [4.78, 5) is 0. The molecule has 0 bridgehead atoms. The highest BCUT2D eigenvalue weighted by molar-refractivity contribution is 7.88. The summed E-state index contributed by atoms with van der Waals surface area (Å²) in [6, 6.07) is 0. The van der Waals surface area contributed by atoms with Crippen LogP contribution in [-0.2, 0) is 10.0 Å². The van der Waals surface area contributed by atoms with E-state index in [9.17, 15) is 8.42 Å². The third-order valence-corrected chi connectivity index (χ3v) is 3.78. The zero-order chi connectivity index (χ0) is 10.6. The average Bonchev–Trinajstić information content (AvgIpc) is 2.06. The Morgan fingerprint density at radius 1 is 1.21 bits per heavy atom. The molecule has 0 radical (unpaired) electrons. The fraction of sp³-hybridized carbons (Fsp3) is 1.00. The molecule has 1 aliphatic rings. The molecule has 0 aromatic heterocycles. The first-order chi connectivity index (χ1) is 6.47. The number of hydrogen-bond donors (Lipinski definition) is 1. The molecule has 0 aliphatic heterocycles. The molecule has 3 nitrogen and oxygen atoms in total. The van der Waals surface area contributed by atoms with Gasteiger partial charge >= 0.3 is 0 Å². The van der Waals surface area contributed by atoms with Gasteiger partial charge in [-0.1, -0.05) is 32.6 Å². The monoisotopic (exact) mass is 219 g/mol. The van der Waals surface area contributed by atoms with Gasteiger partial charge in [0.1, 0.15) is 0 Å². The second-order valence-electron chi connectivity index (χ2n) is 4.58. The van der Waals surface area contributed by atoms with Gasteiger partial charge in [0.2, 0.25) is 10.0 Å². The Bertz CT molecular complexity index is 253. The lowest BCUT2D eigenvalue weighted by atomic mass is 9.81. The highest BCUT2D eigenvalue weighted by atomic mass is 32.2. The molecule has 0 amide bonds. The average molecular weight is 219 g/mol. The van der Waals surface area contributed by atoms with E-state index in [2.05, 4.69) is 11.6 Å². The number of nitrogens with one attached hydrogen (secondary N) is 1. The number of sulfonamides is 1. The van der Waals surface area contributed by atoms with Gasteiger partial charge in [-0.25, -0.2) is 13.1 Å². The molecule has 1 aliphatic carbocycles. The van der Waals surface area contributed by atoms with Crippen LogP contribution >= 0.6 is 0 Å². The predicted octanol–water partition coefficient (Wildman–Crippen LogP) is 1.75. The Hall–Kier alpha value is -0.0900. The zero-order valence-corrected chi connectivity index (χ0v) is 9.94. The van der Waals surface area contributed by atoms with Crippen LogP contribution in [0, 0.1) is 11.8 Å². The van der Waals surface area contributed by atoms with Crippen molar-refractivity contribution < 1.29 is 8.42 Å². The maximum absolute atomic E-state index is 10.8. The Morgan fingerprint density at radius 3 is 2.29 bits per heavy atom. The molecule has 0 aromatic rings. The van der Waals surface area contributed by atoms with Crippen molar-refractivity contribution in [1.29, 1.82) is 0 Å². The molecule has 0 spiro atoms. The highest BCUT2D eigenvalue weighted by Crippen LogP contribution is 2.29. The van der Waals surface area contributed by atoms with Crippen LogP contribution in [0.3, 0.4) is 0 Å². The first kappa shape index (κ1) is 12.0. The molecule has 0 aromatic carbocycles. The number of hydrogen-bond acceptors (Lipinski definition) is 2. The maximum atomic E-state index is 10.8. The van der Waals surface area contributed by atoms with Gasteiger partial charge in [-0.2, -0.15) is 0 Å². The van der Waals surface area contributed by atoms with Crippen molar-refractivity contribution in [3.8, 4) is 0 Å². The summed E-state index contributed by atoms with van der Waals surface area (Å²) in [5, 5.41) is 0. The van der Waals surface area contributed by atoms with Crippen LogP contribution in [0.15, 0.2) is 0 Å². The quantitative estimate of drug-likeness (QED) is 0.783. The SMILES string of the molecule is CC1CCC(CCNS(C)(=O)=O)CC1. The molecule has 0 heterocycles. The van der Waals surface area contributed by atoms with E-state index in [1.54, 1.807) is 0 Å². The Labute approximate surface area is 87.3 Å². The van der Waals surface area contributed by atoms with Gasteiger partial charge in [-0.15, -0.1) is 0 Å². The summed E-state index contributed by atoms with van der Waals surface area (Å²) in [5.74, 6) is 1.61. The van der Waals surface area contributed by atoms with E-state index in [1.165, 1.54) is 31.9 Å². The minimum absolute atomic E-state index is 0.609. The molecule has 4 heteroatoms. The Kier molecular flexibility index (Phi) is 4.38. The van der Waals surface area contributed by atoms with E-state index in [4.69, 9.17) is 0 Å². The molecule has 0 unspecified atom stereocenters. The molecular weight excluding hydrogens is 198 g/mol. The maximum Gasteiger partial charge on any atom is 0.208 e. The minimum atomic E-state index is -2.99. The molecule has 1 N–H and O–H groups in total. The van der Waals surface area contributed by atoms with Gasteiger partial charge in [0.25, 0.3) is 0 Å². The van der Waals surface area contributed by atoms with Gasteiger partial charge in [-0.05, 0) is 18.3 Å². The topological polar surface area (TPSA) is 46.2 Å². The van der Waals surface area contributed by atoms with Crippen LogP contribution in [0.1, 0.15) is 39.0 Å². The van der Waals surface area contributed by atoms with Crippen LogP contribution < -0.4 is 4.72 Å². The van der Waals surface area contributed by atoms with Crippen LogP contribution in [-0.4, -0.2) is 21.2 Å². The molecule has 1 rings (SSSR count). The summed E-state index contributed by atoms with van der Waals surface area (Å²) in [6.45, 7) is 2.91. The van der Waals surface area contributed by atoms with Crippen LogP contribution in [0.5, 0.6) is 0 Å². The minimum Gasteiger partial charge on any atom is -0.215 e. The summed E-state index contributed by atoms with van der Waals surface area (Å²) in [5.41, 5.74) is 0. The predicted molar refractivity (Wildman–Crippen MR) is 58.6 cm³/mol. The Morgan fingerprint density at radius 2 is 1.79 bits per heavy atom. The van der Waals surface area contributed by atoms with E-state index in [0.717, 1.165) is 18.3 Å². The van der Waals surface area contributed by atoms with Gasteiger partial charge in [0, 0.05) is 6.54 Å². The first-order valence-corrected chi connectivity index (χ1v) is 7.31. The fourth-order valence-electron chi connectivity index (χ4n) is 2.07. The lowest BCUT2D eigenvalue weighted by Crippen LogP contribution is -2.25. The third kappa shape index (κ3) is 4.96. The van der Waals surface area contributed by atoms with Crippen molar-refractivity contribution in [2.24, 2.45) is 11.8 Å². The van der Waals surface area contributed by atoms with E-state index in [1.807, 2.05) is 0 Å². The lowest BCUT2D eigenvalue weighted by molar-refractivity contribution is 0.278. The van der Waals surface area contributed by atoms with Crippen LogP contribution in [0.25, 0.3) is 0 Å². The largest absolute Gasteiger partial charge is 0.215 e. The highest BCUT2D eigenvalue weighted by Gasteiger charge is 2.17. The summed E-state index contributed by atoms with van der Waals surface area (Å²) in [7, 11) is -2.99. The lowest BCUT2D eigenvalue weighted by Gasteiger charge is -2.25. The summed E-state index contributed by atoms with van der Waals surface area (Å²) < 4.78 is 24.2. The van der Waals surface area contributed by atoms with E-state index in [0.29, 0.717) is 6.54 Å². The van der Waals surface area contributed by atoms with Gasteiger partial charge in [0.05, 0.1) is 6.26 Å². The second kappa shape index (κ2) is 5.12. The van der Waals surface area contributed by atoms with Gasteiger partial charge in [0.15, 0.2) is 0 Å². The number of rotatable bonds is 4. The zero-order valence-electron chi connectivity index (χ0n) is 9.12. The smallest absolute Gasteiger partial charge is 0.208 e. The van der Waals surface area contributed by atoms with Gasteiger partial charge in [-0.3, -0.25) is 0 Å². The Balaban J connectivity index is 2.14. The molecule has 14 heavy (non-hydrogen) atoms. The van der Waals surface area contributed by atoms with E-state index in [-0.39, 0.29) is 0 Å².